The van der Waals surface area contributed by atoms with E-state index in [1.165, 1.54) is 6.33 Å². The molecule has 0 radical (unpaired) electrons. The molecule has 1 saturated heterocycles. The third-order valence-corrected chi connectivity index (χ3v) is 7.01. The number of carbonyl (C=O) groups excluding carboxylic acids is 2. The third-order valence-electron chi connectivity index (χ3n) is 6.72. The van der Waals surface area contributed by atoms with Crippen LogP contribution in [0.4, 0.5) is 0 Å². The first-order valence-electron chi connectivity index (χ1n) is 12.5. The first-order chi connectivity index (χ1) is 18.3. The van der Waals surface area contributed by atoms with Crippen LogP contribution in [0.5, 0.6) is 0 Å². The minimum absolute atomic E-state index is 0.0787. The third kappa shape index (κ3) is 5.28. The fourth-order valence-corrected chi connectivity index (χ4v) is 4.83. The fourth-order valence-electron chi connectivity index (χ4n) is 4.58. The summed E-state index contributed by atoms with van der Waals surface area (Å²) in [5.41, 5.74) is 4.58. The minimum atomic E-state index is -0.677. The maximum absolute atomic E-state index is 13.0. The molecule has 3 heterocycles. The molecule has 0 spiro atoms. The van der Waals surface area contributed by atoms with Crippen LogP contribution >= 0.6 is 11.6 Å². The van der Waals surface area contributed by atoms with Crippen molar-refractivity contribution in [3.63, 3.8) is 0 Å². The van der Waals surface area contributed by atoms with Gasteiger partial charge in [-0.1, -0.05) is 53.9 Å². The Morgan fingerprint density at radius 1 is 1.00 bits per heavy atom. The van der Waals surface area contributed by atoms with E-state index >= 15 is 0 Å². The topological polar surface area (TPSA) is 92.5 Å². The van der Waals surface area contributed by atoms with Crippen LogP contribution in [0, 0.1) is 13.8 Å². The molecule has 2 aromatic heterocycles. The summed E-state index contributed by atoms with van der Waals surface area (Å²) in [6.45, 7) is 5.84. The van der Waals surface area contributed by atoms with Gasteiger partial charge in [-0.2, -0.15) is 0 Å². The molecule has 4 aromatic rings. The Morgan fingerprint density at radius 2 is 1.63 bits per heavy atom. The molecule has 9 heteroatoms. The van der Waals surface area contributed by atoms with Gasteiger partial charge in [0.05, 0.1) is 16.5 Å². The molecule has 1 aliphatic rings. The van der Waals surface area contributed by atoms with Gasteiger partial charge < -0.3 is 18.8 Å². The van der Waals surface area contributed by atoms with Gasteiger partial charge in [-0.3, -0.25) is 0 Å². The number of aryl methyl sites for hydroxylation is 3. The standard InChI is InChI=1S/C29H28ClN3O5/c1-4-19-14-33(27-25(19)26(30)31-16-32-27)24-13-22(38-29(35)21-11-7-18(3)8-12-21)23(37-24)15-36-28(34)20-9-5-17(2)6-10-20/h5-12,14,16,22-24H,4,13,15H2,1-3H3. The largest absolute Gasteiger partial charge is 0.459 e. The Morgan fingerprint density at radius 3 is 2.26 bits per heavy atom. The monoisotopic (exact) mass is 533 g/mol. The zero-order valence-electron chi connectivity index (χ0n) is 21.4. The number of aromatic nitrogens is 3. The van der Waals surface area contributed by atoms with E-state index in [-0.39, 0.29) is 6.61 Å². The lowest BCUT2D eigenvalue weighted by atomic mass is 10.1. The first kappa shape index (κ1) is 25.9. The van der Waals surface area contributed by atoms with Gasteiger partial charge in [0.15, 0.2) is 0 Å². The van der Waals surface area contributed by atoms with E-state index in [2.05, 4.69) is 9.97 Å². The van der Waals surface area contributed by atoms with E-state index < -0.39 is 30.4 Å². The van der Waals surface area contributed by atoms with Crippen LogP contribution in [0.15, 0.2) is 61.1 Å². The number of halogens is 1. The van der Waals surface area contributed by atoms with Crippen LogP contribution < -0.4 is 0 Å². The molecule has 1 aliphatic heterocycles. The minimum Gasteiger partial charge on any atom is -0.459 e. The van der Waals surface area contributed by atoms with Crippen molar-refractivity contribution in [2.24, 2.45) is 0 Å². The highest BCUT2D eigenvalue weighted by molar-refractivity contribution is 6.34. The number of rotatable bonds is 7. The summed E-state index contributed by atoms with van der Waals surface area (Å²) in [6, 6.07) is 14.3. The number of carbonyl (C=O) groups is 2. The van der Waals surface area contributed by atoms with Crippen molar-refractivity contribution in [3.8, 4) is 0 Å². The Balaban J connectivity index is 1.39. The van der Waals surface area contributed by atoms with E-state index in [9.17, 15) is 9.59 Å². The second kappa shape index (κ2) is 10.9. The highest BCUT2D eigenvalue weighted by Crippen LogP contribution is 2.36. The van der Waals surface area contributed by atoms with Gasteiger partial charge in [0, 0.05) is 12.6 Å². The summed E-state index contributed by atoms with van der Waals surface area (Å²) in [6.07, 6.45) is 2.58. The highest BCUT2D eigenvalue weighted by atomic mass is 35.5. The van der Waals surface area contributed by atoms with Gasteiger partial charge in [-0.25, -0.2) is 19.6 Å². The van der Waals surface area contributed by atoms with Crippen LogP contribution in [0.1, 0.15) is 57.0 Å². The molecule has 3 unspecified atom stereocenters. The van der Waals surface area contributed by atoms with Crippen LogP contribution in [-0.4, -0.2) is 45.3 Å². The lowest BCUT2D eigenvalue weighted by Gasteiger charge is -2.19. The van der Waals surface area contributed by atoms with Crippen molar-refractivity contribution >= 4 is 34.6 Å². The molecule has 3 atom stereocenters. The molecule has 5 rings (SSSR count). The van der Waals surface area contributed by atoms with Gasteiger partial charge in [-0.05, 0) is 50.1 Å². The second-order valence-electron chi connectivity index (χ2n) is 9.42. The average molecular weight is 534 g/mol. The van der Waals surface area contributed by atoms with Crippen LogP contribution in [0.2, 0.25) is 5.15 Å². The number of benzene rings is 2. The number of esters is 2. The van der Waals surface area contributed by atoms with Crippen LogP contribution in [-0.2, 0) is 20.6 Å². The van der Waals surface area contributed by atoms with Crippen molar-refractivity contribution in [2.75, 3.05) is 6.61 Å². The van der Waals surface area contributed by atoms with Gasteiger partial charge in [-0.15, -0.1) is 0 Å². The maximum Gasteiger partial charge on any atom is 0.338 e. The predicted octanol–water partition coefficient (Wildman–Crippen LogP) is 5.63. The van der Waals surface area contributed by atoms with E-state index in [1.54, 1.807) is 24.3 Å². The molecule has 8 nitrogen and oxygen atoms in total. The molecule has 1 fully saturated rings. The van der Waals surface area contributed by atoms with Crippen molar-refractivity contribution in [1.82, 2.24) is 14.5 Å². The molecule has 0 N–H and O–H groups in total. The summed E-state index contributed by atoms with van der Waals surface area (Å²) in [5.74, 6) is -0.939. The SMILES string of the molecule is CCc1cn(C2CC(OC(=O)c3ccc(C)cc3)C(COC(=O)c3ccc(C)cc3)O2)c2ncnc(Cl)c12. The predicted molar refractivity (Wildman–Crippen MR) is 142 cm³/mol. The van der Waals surface area contributed by atoms with E-state index in [4.69, 9.17) is 25.8 Å². The molecule has 0 bridgehead atoms. The Hall–Kier alpha value is -3.75. The average Bonchev–Trinajstić information content (AvgIpc) is 3.49. The second-order valence-corrected chi connectivity index (χ2v) is 9.78. The highest BCUT2D eigenvalue weighted by Gasteiger charge is 2.40. The summed E-state index contributed by atoms with van der Waals surface area (Å²) >= 11 is 6.39. The normalized spacial score (nSPS) is 19.0. The number of hydrogen-bond donors (Lipinski definition) is 0. The summed E-state index contributed by atoms with van der Waals surface area (Å²) in [4.78, 5) is 34.2. The zero-order valence-corrected chi connectivity index (χ0v) is 22.1. The van der Waals surface area contributed by atoms with Gasteiger partial charge in [0.2, 0.25) is 0 Å². The number of nitrogens with zero attached hydrogens (tertiary/aromatic N) is 3. The summed E-state index contributed by atoms with van der Waals surface area (Å²) in [7, 11) is 0. The first-order valence-corrected chi connectivity index (χ1v) is 12.9. The van der Waals surface area contributed by atoms with Gasteiger partial charge in [0.1, 0.15) is 42.2 Å². The molecule has 0 aliphatic carbocycles. The molecular formula is C29H28ClN3O5. The Bertz CT molecular complexity index is 1470. The molecule has 38 heavy (non-hydrogen) atoms. The van der Waals surface area contributed by atoms with E-state index in [0.29, 0.717) is 28.3 Å². The lowest BCUT2D eigenvalue weighted by Crippen LogP contribution is -2.32. The quantitative estimate of drug-likeness (QED) is 0.224. The zero-order chi connectivity index (χ0) is 26.8. The summed E-state index contributed by atoms with van der Waals surface area (Å²) in [5, 5.41) is 1.14. The van der Waals surface area contributed by atoms with Gasteiger partial charge in [0.25, 0.3) is 0 Å². The van der Waals surface area contributed by atoms with Gasteiger partial charge >= 0.3 is 11.9 Å². The Kier molecular flexibility index (Phi) is 7.44. The molecule has 196 valence electrons. The van der Waals surface area contributed by atoms with Crippen molar-refractivity contribution in [1.29, 1.82) is 0 Å². The van der Waals surface area contributed by atoms with Crippen LogP contribution in [0.25, 0.3) is 11.0 Å². The van der Waals surface area contributed by atoms with E-state index in [0.717, 1.165) is 28.5 Å². The molecule has 2 aromatic carbocycles. The molecular weight excluding hydrogens is 506 g/mol. The fraction of sp³-hybridized carbons (Fsp3) is 0.310. The smallest absolute Gasteiger partial charge is 0.338 e. The van der Waals surface area contributed by atoms with E-state index in [1.807, 2.05) is 55.8 Å². The molecule has 0 saturated carbocycles. The van der Waals surface area contributed by atoms with Crippen molar-refractivity contribution in [3.05, 3.63) is 94.0 Å². The number of hydrogen-bond acceptors (Lipinski definition) is 7. The molecule has 0 amide bonds. The number of ether oxygens (including phenoxy) is 3. The lowest BCUT2D eigenvalue weighted by molar-refractivity contribution is -0.0562. The van der Waals surface area contributed by atoms with Crippen molar-refractivity contribution in [2.45, 2.75) is 52.0 Å². The summed E-state index contributed by atoms with van der Waals surface area (Å²) < 4.78 is 19.7. The maximum atomic E-state index is 13.0. The van der Waals surface area contributed by atoms with Crippen molar-refractivity contribution < 1.29 is 23.8 Å². The Labute approximate surface area is 225 Å². The van der Waals surface area contributed by atoms with Crippen LogP contribution in [0.3, 0.4) is 0 Å². The number of fused-ring (bicyclic) bond motifs is 1.